The van der Waals surface area contributed by atoms with Crippen molar-refractivity contribution < 1.29 is 8.42 Å². The van der Waals surface area contributed by atoms with E-state index in [1.165, 1.54) is 13.1 Å². The van der Waals surface area contributed by atoms with Gasteiger partial charge in [0.05, 0.1) is 5.69 Å². The lowest BCUT2D eigenvalue weighted by atomic mass is 10.2. The molecule has 18 heavy (non-hydrogen) atoms. The molecule has 7 heteroatoms. The number of hydrogen-bond donors (Lipinski definition) is 0. The van der Waals surface area contributed by atoms with Crippen LogP contribution in [0.4, 0.5) is 0 Å². The highest BCUT2D eigenvalue weighted by molar-refractivity contribution is 7.90. The molecule has 2 aromatic rings. The van der Waals surface area contributed by atoms with Crippen LogP contribution in [-0.2, 0) is 16.9 Å². The predicted molar refractivity (Wildman–Crippen MR) is 65.8 cm³/mol. The van der Waals surface area contributed by atoms with Crippen LogP contribution in [0.5, 0.6) is 0 Å². The summed E-state index contributed by atoms with van der Waals surface area (Å²) in [5.41, 5.74) is 0.360. The Hall–Kier alpha value is -2.02. The van der Waals surface area contributed by atoms with Crippen LogP contribution in [-0.4, -0.2) is 29.2 Å². The van der Waals surface area contributed by atoms with Gasteiger partial charge in [0.25, 0.3) is 0 Å². The third-order valence-corrected chi connectivity index (χ3v) is 3.60. The van der Waals surface area contributed by atoms with Gasteiger partial charge in [-0.15, -0.1) is 0 Å². The molecule has 0 aliphatic carbocycles. The Morgan fingerprint density at radius 3 is 2.39 bits per heavy atom. The molecule has 0 spiro atoms. The summed E-state index contributed by atoms with van der Waals surface area (Å²) in [6.45, 7) is 0. The molecule has 0 atom stereocenters. The van der Waals surface area contributed by atoms with Crippen molar-refractivity contribution in [1.82, 2.24) is 14.5 Å². The van der Waals surface area contributed by atoms with Gasteiger partial charge in [0.15, 0.2) is 9.84 Å². The van der Waals surface area contributed by atoms with Gasteiger partial charge in [-0.2, -0.15) is 4.98 Å². The molecule has 2 aromatic heterocycles. The maximum atomic E-state index is 11.7. The lowest BCUT2D eigenvalue weighted by Gasteiger charge is -2.07. The fourth-order valence-corrected chi connectivity index (χ4v) is 2.45. The summed E-state index contributed by atoms with van der Waals surface area (Å²) in [5.74, 6) is 0. The van der Waals surface area contributed by atoms with Crippen molar-refractivity contribution in [2.45, 2.75) is 5.03 Å². The minimum atomic E-state index is -3.48. The van der Waals surface area contributed by atoms with Crippen molar-refractivity contribution in [1.29, 1.82) is 0 Å². The van der Waals surface area contributed by atoms with Crippen LogP contribution >= 0.6 is 0 Å². The summed E-state index contributed by atoms with van der Waals surface area (Å²) in [6, 6.07) is 4.70. The Morgan fingerprint density at radius 1 is 1.22 bits per heavy atom. The highest BCUT2D eigenvalue weighted by Gasteiger charge is 2.15. The molecule has 0 unspecified atom stereocenters. The predicted octanol–water partition coefficient (Wildman–Crippen LogP) is 0.246. The third-order valence-electron chi connectivity index (χ3n) is 2.45. The number of aromatic nitrogens is 3. The van der Waals surface area contributed by atoms with E-state index >= 15 is 0 Å². The quantitative estimate of drug-likeness (QED) is 0.727. The molecule has 0 fully saturated rings. The van der Waals surface area contributed by atoms with E-state index in [0.717, 1.165) is 10.8 Å². The molecule has 0 saturated carbocycles. The van der Waals surface area contributed by atoms with Crippen LogP contribution in [0.2, 0.25) is 0 Å². The molecule has 2 heterocycles. The fraction of sp³-hybridized carbons (Fsp3) is 0.182. The second kappa shape index (κ2) is 4.34. The van der Waals surface area contributed by atoms with Gasteiger partial charge in [-0.1, -0.05) is 0 Å². The minimum absolute atomic E-state index is 0.0608. The summed E-state index contributed by atoms with van der Waals surface area (Å²) in [6.07, 6.45) is 4.15. The molecular formula is C11H11N3O3S. The molecular weight excluding hydrogens is 254 g/mol. The first-order valence-corrected chi connectivity index (χ1v) is 6.97. The SMILES string of the molecule is Cn1c(S(C)(=O)=O)cc(-c2ccncc2)nc1=O. The first-order valence-electron chi connectivity index (χ1n) is 5.08. The molecule has 0 radical (unpaired) electrons. The van der Waals surface area contributed by atoms with E-state index in [0.29, 0.717) is 11.3 Å². The maximum Gasteiger partial charge on any atom is 0.348 e. The second-order valence-electron chi connectivity index (χ2n) is 3.83. The zero-order valence-electron chi connectivity index (χ0n) is 9.86. The number of hydrogen-bond acceptors (Lipinski definition) is 5. The average Bonchev–Trinajstić information content (AvgIpc) is 2.32. The second-order valence-corrected chi connectivity index (χ2v) is 5.79. The van der Waals surface area contributed by atoms with Gasteiger partial charge in [0.1, 0.15) is 5.03 Å². The summed E-state index contributed by atoms with van der Waals surface area (Å²) in [5, 5.41) is -0.0608. The average molecular weight is 265 g/mol. The summed E-state index contributed by atoms with van der Waals surface area (Å²) in [4.78, 5) is 19.3. The van der Waals surface area contributed by atoms with Crippen LogP contribution in [0.25, 0.3) is 11.3 Å². The molecule has 2 rings (SSSR count). The van der Waals surface area contributed by atoms with Crippen molar-refractivity contribution in [2.75, 3.05) is 6.26 Å². The van der Waals surface area contributed by atoms with Crippen molar-refractivity contribution in [3.05, 3.63) is 41.1 Å². The van der Waals surface area contributed by atoms with E-state index in [4.69, 9.17) is 0 Å². The number of sulfone groups is 1. The van der Waals surface area contributed by atoms with Gasteiger partial charge < -0.3 is 0 Å². The highest BCUT2D eigenvalue weighted by atomic mass is 32.2. The zero-order valence-corrected chi connectivity index (χ0v) is 10.7. The zero-order chi connectivity index (χ0) is 13.3. The molecule has 94 valence electrons. The third kappa shape index (κ3) is 2.30. The van der Waals surface area contributed by atoms with Crippen LogP contribution in [0.1, 0.15) is 0 Å². The topological polar surface area (TPSA) is 81.9 Å². The molecule has 0 N–H and O–H groups in total. The van der Waals surface area contributed by atoms with Gasteiger partial charge in [-0.05, 0) is 12.1 Å². The largest absolute Gasteiger partial charge is 0.348 e. The normalized spacial score (nSPS) is 11.4. The van der Waals surface area contributed by atoms with E-state index in [1.54, 1.807) is 24.5 Å². The van der Waals surface area contributed by atoms with Crippen molar-refractivity contribution in [3.8, 4) is 11.3 Å². The van der Waals surface area contributed by atoms with Crippen LogP contribution in [0.3, 0.4) is 0 Å². The Morgan fingerprint density at radius 2 is 1.83 bits per heavy atom. The first kappa shape index (κ1) is 12.4. The van der Waals surface area contributed by atoms with E-state index in [1.807, 2.05) is 0 Å². The molecule has 0 saturated heterocycles. The summed E-state index contributed by atoms with van der Waals surface area (Å²) >= 11 is 0. The van der Waals surface area contributed by atoms with E-state index in [-0.39, 0.29) is 5.03 Å². The van der Waals surface area contributed by atoms with Crippen molar-refractivity contribution in [3.63, 3.8) is 0 Å². The maximum absolute atomic E-state index is 11.7. The summed E-state index contributed by atoms with van der Waals surface area (Å²) in [7, 11) is -2.10. The Bertz CT molecular complexity index is 736. The van der Waals surface area contributed by atoms with Crippen LogP contribution in [0, 0.1) is 0 Å². The Labute approximate surface area is 104 Å². The summed E-state index contributed by atoms with van der Waals surface area (Å²) < 4.78 is 24.2. The number of pyridine rings is 1. The Kier molecular flexibility index (Phi) is 3.00. The number of rotatable bonds is 2. The number of nitrogens with zero attached hydrogens (tertiary/aromatic N) is 3. The smallest absolute Gasteiger partial charge is 0.286 e. The molecule has 6 nitrogen and oxygen atoms in total. The van der Waals surface area contributed by atoms with Gasteiger partial charge >= 0.3 is 5.69 Å². The van der Waals surface area contributed by atoms with E-state index in [9.17, 15) is 13.2 Å². The van der Waals surface area contributed by atoms with Crippen molar-refractivity contribution >= 4 is 9.84 Å². The molecule has 0 amide bonds. The van der Waals surface area contributed by atoms with Gasteiger partial charge in [-0.3, -0.25) is 9.55 Å². The fourth-order valence-electron chi connectivity index (χ4n) is 1.54. The van der Waals surface area contributed by atoms with Crippen molar-refractivity contribution in [2.24, 2.45) is 7.05 Å². The monoisotopic (exact) mass is 265 g/mol. The van der Waals surface area contributed by atoms with Crippen LogP contribution < -0.4 is 5.69 Å². The van der Waals surface area contributed by atoms with Gasteiger partial charge in [0.2, 0.25) is 0 Å². The molecule has 0 aliphatic rings. The van der Waals surface area contributed by atoms with Crippen LogP contribution in [0.15, 0.2) is 40.4 Å². The lowest BCUT2D eigenvalue weighted by molar-refractivity contribution is 0.584. The van der Waals surface area contributed by atoms with Gasteiger partial charge in [-0.25, -0.2) is 13.2 Å². The highest BCUT2D eigenvalue weighted by Crippen LogP contribution is 2.17. The minimum Gasteiger partial charge on any atom is -0.286 e. The molecule has 0 bridgehead atoms. The molecule has 0 aromatic carbocycles. The van der Waals surface area contributed by atoms with E-state index in [2.05, 4.69) is 9.97 Å². The lowest BCUT2D eigenvalue weighted by Crippen LogP contribution is -2.25. The first-order chi connectivity index (χ1) is 8.39. The van der Waals surface area contributed by atoms with E-state index < -0.39 is 15.5 Å². The Balaban J connectivity index is 2.74. The molecule has 0 aliphatic heterocycles. The van der Waals surface area contributed by atoms with Gasteiger partial charge in [0, 0.05) is 37.3 Å². The standard InChI is InChI=1S/C11H11N3O3S/c1-14-10(18(2,16)17)7-9(13-11(14)15)8-3-5-12-6-4-8/h3-7H,1-2H3.